The van der Waals surface area contributed by atoms with Crippen LogP contribution < -0.4 is 5.73 Å². The molecule has 0 aliphatic rings. The minimum absolute atomic E-state index is 0.647. The minimum Gasteiger partial charge on any atom is -0.399 e. The zero-order chi connectivity index (χ0) is 12.1. The van der Waals surface area contributed by atoms with Crippen LogP contribution in [0.25, 0.3) is 0 Å². The van der Waals surface area contributed by atoms with Gasteiger partial charge in [0, 0.05) is 16.3 Å². The second-order valence-electron chi connectivity index (χ2n) is 3.85. The minimum atomic E-state index is -0.948. The first-order valence-corrected chi connectivity index (χ1v) is 6.85. The lowest BCUT2D eigenvalue weighted by molar-refractivity contribution is 0.682. The molecule has 0 spiro atoms. The van der Waals surface area contributed by atoms with Gasteiger partial charge in [0.25, 0.3) is 0 Å². The van der Waals surface area contributed by atoms with Gasteiger partial charge in [0.05, 0.1) is 10.8 Å². The number of rotatable bonds is 4. The second-order valence-corrected chi connectivity index (χ2v) is 5.42. The Morgan fingerprint density at radius 2 is 1.59 bits per heavy atom. The van der Waals surface area contributed by atoms with Crippen molar-refractivity contribution in [2.75, 3.05) is 11.5 Å². The van der Waals surface area contributed by atoms with Gasteiger partial charge in [-0.15, -0.1) is 0 Å². The molecule has 0 radical (unpaired) electrons. The van der Waals surface area contributed by atoms with Gasteiger partial charge in [0.2, 0.25) is 0 Å². The summed E-state index contributed by atoms with van der Waals surface area (Å²) < 4.78 is 12.0. The maximum atomic E-state index is 12.0. The molecule has 1 atom stereocenters. The molecule has 0 amide bonds. The first-order chi connectivity index (χ1) is 8.25. The van der Waals surface area contributed by atoms with Crippen molar-refractivity contribution in [2.45, 2.75) is 11.3 Å². The van der Waals surface area contributed by atoms with Crippen LogP contribution in [0.3, 0.4) is 0 Å². The first kappa shape index (κ1) is 11.9. The molecule has 0 heterocycles. The average Bonchev–Trinajstić information content (AvgIpc) is 2.38. The van der Waals surface area contributed by atoms with Crippen LogP contribution in [-0.4, -0.2) is 9.96 Å². The highest BCUT2D eigenvalue weighted by molar-refractivity contribution is 7.85. The molecule has 0 fully saturated rings. The zero-order valence-electron chi connectivity index (χ0n) is 9.50. The standard InChI is InChI=1S/C14H15NOS/c15-13-6-8-14(9-7-13)17(16)11-10-12-4-2-1-3-5-12/h1-9H,10-11,15H2. The van der Waals surface area contributed by atoms with Gasteiger partial charge < -0.3 is 5.73 Å². The van der Waals surface area contributed by atoms with Gasteiger partial charge in [-0.05, 0) is 36.2 Å². The summed E-state index contributed by atoms with van der Waals surface area (Å²) in [5.74, 6) is 0.647. The Morgan fingerprint density at radius 1 is 0.941 bits per heavy atom. The molecule has 0 aliphatic heterocycles. The monoisotopic (exact) mass is 245 g/mol. The molecule has 0 bridgehead atoms. The highest BCUT2D eigenvalue weighted by atomic mass is 32.2. The Kier molecular flexibility index (Phi) is 3.94. The van der Waals surface area contributed by atoms with Gasteiger partial charge in [0.1, 0.15) is 0 Å². The third-order valence-corrected chi connectivity index (χ3v) is 3.93. The molecule has 3 heteroatoms. The lowest BCUT2D eigenvalue weighted by Crippen LogP contribution is -2.01. The van der Waals surface area contributed by atoms with E-state index in [-0.39, 0.29) is 0 Å². The first-order valence-electron chi connectivity index (χ1n) is 5.53. The predicted octanol–water partition coefficient (Wildman–Crippen LogP) is 2.62. The van der Waals surface area contributed by atoms with Crippen LogP contribution in [-0.2, 0) is 17.2 Å². The van der Waals surface area contributed by atoms with Crippen molar-refractivity contribution in [3.05, 3.63) is 60.2 Å². The summed E-state index contributed by atoms with van der Waals surface area (Å²) in [6, 6.07) is 17.3. The number of nitrogens with two attached hydrogens (primary N) is 1. The Hall–Kier alpha value is -1.61. The van der Waals surface area contributed by atoms with Crippen LogP contribution in [0.15, 0.2) is 59.5 Å². The largest absolute Gasteiger partial charge is 0.399 e. The lowest BCUT2D eigenvalue weighted by atomic mass is 10.2. The zero-order valence-corrected chi connectivity index (χ0v) is 10.3. The van der Waals surface area contributed by atoms with Gasteiger partial charge in [-0.25, -0.2) is 0 Å². The number of anilines is 1. The fourth-order valence-corrected chi connectivity index (χ4v) is 2.69. The normalized spacial score (nSPS) is 12.2. The van der Waals surface area contributed by atoms with E-state index in [1.165, 1.54) is 5.56 Å². The summed E-state index contributed by atoms with van der Waals surface area (Å²) in [4.78, 5) is 0.843. The smallest absolute Gasteiger partial charge is 0.0532 e. The molecule has 1 unspecified atom stereocenters. The average molecular weight is 245 g/mol. The molecule has 88 valence electrons. The van der Waals surface area contributed by atoms with Crippen molar-refractivity contribution in [2.24, 2.45) is 0 Å². The third-order valence-electron chi connectivity index (χ3n) is 2.56. The number of nitrogen functional groups attached to an aromatic ring is 1. The van der Waals surface area contributed by atoms with Crippen LogP contribution in [0.5, 0.6) is 0 Å². The van der Waals surface area contributed by atoms with E-state index < -0.39 is 10.8 Å². The van der Waals surface area contributed by atoms with E-state index in [4.69, 9.17) is 5.73 Å². The van der Waals surface area contributed by atoms with E-state index in [1.807, 2.05) is 30.3 Å². The van der Waals surface area contributed by atoms with Crippen molar-refractivity contribution >= 4 is 16.5 Å². The van der Waals surface area contributed by atoms with Gasteiger partial charge in [-0.3, -0.25) is 4.21 Å². The van der Waals surface area contributed by atoms with Crippen molar-refractivity contribution in [1.29, 1.82) is 0 Å². The molecule has 0 saturated carbocycles. The van der Waals surface area contributed by atoms with Crippen molar-refractivity contribution in [3.8, 4) is 0 Å². The van der Waals surface area contributed by atoms with E-state index in [9.17, 15) is 4.21 Å². The molecule has 0 aromatic heterocycles. The maximum Gasteiger partial charge on any atom is 0.0532 e. The summed E-state index contributed by atoms with van der Waals surface area (Å²) in [5.41, 5.74) is 7.51. The summed E-state index contributed by atoms with van der Waals surface area (Å²) in [7, 11) is -0.948. The van der Waals surface area contributed by atoms with E-state index in [0.29, 0.717) is 11.4 Å². The van der Waals surface area contributed by atoms with Gasteiger partial charge in [-0.1, -0.05) is 30.3 Å². The van der Waals surface area contributed by atoms with Crippen molar-refractivity contribution in [1.82, 2.24) is 0 Å². The molecular weight excluding hydrogens is 230 g/mol. The van der Waals surface area contributed by atoms with Crippen molar-refractivity contribution in [3.63, 3.8) is 0 Å². The summed E-state index contributed by atoms with van der Waals surface area (Å²) >= 11 is 0. The van der Waals surface area contributed by atoms with Crippen LogP contribution in [0.4, 0.5) is 5.69 Å². The summed E-state index contributed by atoms with van der Waals surface area (Å²) in [5, 5.41) is 0. The highest BCUT2D eigenvalue weighted by Gasteiger charge is 2.03. The van der Waals surface area contributed by atoms with E-state index in [0.717, 1.165) is 11.3 Å². The molecular formula is C14H15NOS. The topological polar surface area (TPSA) is 43.1 Å². The molecule has 17 heavy (non-hydrogen) atoms. The SMILES string of the molecule is Nc1ccc(S(=O)CCc2ccccc2)cc1. The summed E-state index contributed by atoms with van der Waals surface area (Å²) in [6.07, 6.45) is 0.831. The molecule has 2 rings (SSSR count). The Labute approximate surface area is 104 Å². The van der Waals surface area contributed by atoms with Gasteiger partial charge >= 0.3 is 0 Å². The van der Waals surface area contributed by atoms with E-state index in [2.05, 4.69) is 12.1 Å². The van der Waals surface area contributed by atoms with Crippen molar-refractivity contribution < 1.29 is 4.21 Å². The fourth-order valence-electron chi connectivity index (χ4n) is 1.59. The molecule has 0 aliphatic carbocycles. The Bertz CT molecular complexity index is 493. The molecule has 2 nitrogen and oxygen atoms in total. The van der Waals surface area contributed by atoms with Crippen LogP contribution >= 0.6 is 0 Å². The number of hydrogen-bond acceptors (Lipinski definition) is 2. The maximum absolute atomic E-state index is 12.0. The Balaban J connectivity index is 1.96. The van der Waals surface area contributed by atoms with Crippen LogP contribution in [0.1, 0.15) is 5.56 Å². The number of aryl methyl sites for hydroxylation is 1. The van der Waals surface area contributed by atoms with E-state index >= 15 is 0 Å². The van der Waals surface area contributed by atoms with Gasteiger partial charge in [0.15, 0.2) is 0 Å². The number of benzene rings is 2. The molecule has 2 aromatic rings. The van der Waals surface area contributed by atoms with Crippen LogP contribution in [0.2, 0.25) is 0 Å². The van der Waals surface area contributed by atoms with Gasteiger partial charge in [-0.2, -0.15) is 0 Å². The number of hydrogen-bond donors (Lipinski definition) is 1. The summed E-state index contributed by atoms with van der Waals surface area (Å²) in [6.45, 7) is 0. The predicted molar refractivity (Wildman–Crippen MR) is 72.3 cm³/mol. The third kappa shape index (κ3) is 3.43. The Morgan fingerprint density at radius 3 is 2.24 bits per heavy atom. The van der Waals surface area contributed by atoms with Crippen LogP contribution in [0, 0.1) is 0 Å². The fraction of sp³-hybridized carbons (Fsp3) is 0.143. The highest BCUT2D eigenvalue weighted by Crippen LogP contribution is 2.11. The molecule has 2 aromatic carbocycles. The van der Waals surface area contributed by atoms with E-state index in [1.54, 1.807) is 12.1 Å². The lowest BCUT2D eigenvalue weighted by Gasteiger charge is -2.03. The molecule has 0 saturated heterocycles. The second kappa shape index (κ2) is 5.64. The quantitative estimate of drug-likeness (QED) is 0.841. The molecule has 2 N–H and O–H groups in total.